The molecule has 1 N–H and O–H groups in total. The van der Waals surface area contributed by atoms with E-state index in [0.717, 1.165) is 19.3 Å². The molecule has 1 atom stereocenters. The third kappa shape index (κ3) is 7.25. The lowest BCUT2D eigenvalue weighted by Crippen LogP contribution is -2.10. The van der Waals surface area contributed by atoms with Crippen LogP contribution in [0.15, 0.2) is 18.2 Å². The van der Waals surface area contributed by atoms with E-state index < -0.39 is 6.10 Å². The predicted molar refractivity (Wildman–Crippen MR) is 83.7 cm³/mol. The first-order valence-corrected chi connectivity index (χ1v) is 8.13. The van der Waals surface area contributed by atoms with Gasteiger partial charge in [-0.05, 0) is 36.6 Å². The lowest BCUT2D eigenvalue weighted by Gasteiger charge is -2.12. The van der Waals surface area contributed by atoms with Crippen molar-refractivity contribution in [3.8, 4) is 0 Å². The highest BCUT2D eigenvalue weighted by molar-refractivity contribution is 6.31. The summed E-state index contributed by atoms with van der Waals surface area (Å²) in [6, 6.07) is 4.30. The summed E-state index contributed by atoms with van der Waals surface area (Å²) in [5, 5.41) is 10.5. The van der Waals surface area contributed by atoms with Crippen molar-refractivity contribution < 1.29 is 9.50 Å². The van der Waals surface area contributed by atoms with Crippen LogP contribution in [0.3, 0.4) is 0 Å². The molecule has 0 amide bonds. The Balaban J connectivity index is 2.17. The predicted octanol–water partition coefficient (Wildman–Crippen LogP) is 5.52. The van der Waals surface area contributed by atoms with Gasteiger partial charge < -0.3 is 5.11 Å². The maximum Gasteiger partial charge on any atom is 0.123 e. The molecule has 1 rings (SSSR count). The molecule has 3 heteroatoms. The van der Waals surface area contributed by atoms with E-state index in [4.69, 9.17) is 11.6 Å². The Morgan fingerprint density at radius 1 is 1.10 bits per heavy atom. The zero-order valence-corrected chi connectivity index (χ0v) is 13.1. The van der Waals surface area contributed by atoms with Crippen molar-refractivity contribution >= 4 is 11.6 Å². The van der Waals surface area contributed by atoms with Crippen LogP contribution in [-0.4, -0.2) is 11.2 Å². The molecule has 0 aromatic heterocycles. The maximum atomic E-state index is 13.1. The second-order valence-electron chi connectivity index (χ2n) is 5.50. The van der Waals surface area contributed by atoms with Crippen LogP contribution in [0.2, 0.25) is 5.02 Å². The summed E-state index contributed by atoms with van der Waals surface area (Å²) in [7, 11) is 0. The van der Waals surface area contributed by atoms with Crippen molar-refractivity contribution in [1.29, 1.82) is 0 Å². The van der Waals surface area contributed by atoms with Gasteiger partial charge in [0, 0.05) is 5.02 Å². The van der Waals surface area contributed by atoms with Crippen LogP contribution in [-0.2, 0) is 6.42 Å². The number of rotatable bonds is 10. The molecular formula is C17H26ClFO. The van der Waals surface area contributed by atoms with Gasteiger partial charge in [0.05, 0.1) is 6.10 Å². The van der Waals surface area contributed by atoms with Crippen molar-refractivity contribution in [2.75, 3.05) is 0 Å². The highest BCUT2D eigenvalue weighted by Crippen LogP contribution is 2.20. The van der Waals surface area contributed by atoms with E-state index in [1.54, 1.807) is 6.07 Å². The van der Waals surface area contributed by atoms with Gasteiger partial charge in [0.25, 0.3) is 0 Å². The summed E-state index contributed by atoms with van der Waals surface area (Å²) in [4.78, 5) is 0. The number of aliphatic hydroxyl groups is 1. The van der Waals surface area contributed by atoms with Crippen molar-refractivity contribution in [3.05, 3.63) is 34.6 Å². The van der Waals surface area contributed by atoms with Gasteiger partial charge in [-0.1, -0.05) is 63.5 Å². The van der Waals surface area contributed by atoms with Crippen LogP contribution in [0, 0.1) is 5.82 Å². The van der Waals surface area contributed by atoms with Gasteiger partial charge >= 0.3 is 0 Å². The van der Waals surface area contributed by atoms with Gasteiger partial charge in [-0.15, -0.1) is 0 Å². The molecule has 0 fully saturated rings. The number of hydrogen-bond acceptors (Lipinski definition) is 1. The highest BCUT2D eigenvalue weighted by atomic mass is 35.5. The summed E-state index contributed by atoms with van der Waals surface area (Å²) in [6.45, 7) is 2.22. The maximum absolute atomic E-state index is 13.1. The Morgan fingerprint density at radius 2 is 1.75 bits per heavy atom. The fourth-order valence-electron chi connectivity index (χ4n) is 2.39. The van der Waals surface area contributed by atoms with Crippen molar-refractivity contribution in [1.82, 2.24) is 0 Å². The Hall–Kier alpha value is -0.600. The van der Waals surface area contributed by atoms with E-state index in [2.05, 4.69) is 6.92 Å². The number of aliphatic hydroxyl groups excluding tert-OH is 1. The molecular weight excluding hydrogens is 275 g/mol. The molecule has 0 spiro atoms. The van der Waals surface area contributed by atoms with Crippen molar-refractivity contribution in [3.63, 3.8) is 0 Å². The Kier molecular flexibility index (Phi) is 8.88. The molecule has 0 radical (unpaired) electrons. The average Bonchev–Trinajstić information content (AvgIpc) is 2.42. The molecule has 0 aliphatic carbocycles. The molecule has 0 aliphatic heterocycles. The molecule has 0 aliphatic rings. The second kappa shape index (κ2) is 10.2. The molecule has 1 nitrogen and oxygen atoms in total. The fourth-order valence-corrected chi connectivity index (χ4v) is 2.59. The minimum Gasteiger partial charge on any atom is -0.393 e. The zero-order chi connectivity index (χ0) is 14.8. The first-order valence-electron chi connectivity index (χ1n) is 7.75. The number of hydrogen-bond donors (Lipinski definition) is 1. The average molecular weight is 301 g/mol. The number of halogens is 2. The molecule has 1 aromatic rings. The highest BCUT2D eigenvalue weighted by Gasteiger charge is 2.09. The van der Waals surface area contributed by atoms with E-state index in [0.29, 0.717) is 17.0 Å². The van der Waals surface area contributed by atoms with Crippen molar-refractivity contribution in [2.24, 2.45) is 0 Å². The molecule has 1 unspecified atom stereocenters. The van der Waals surface area contributed by atoms with E-state index in [9.17, 15) is 9.50 Å². The summed E-state index contributed by atoms with van der Waals surface area (Å²) < 4.78 is 13.1. The Bertz CT molecular complexity index is 381. The van der Waals surface area contributed by atoms with Gasteiger partial charge in [0.15, 0.2) is 0 Å². The molecule has 114 valence electrons. The van der Waals surface area contributed by atoms with E-state index in [1.165, 1.54) is 44.2 Å². The normalized spacial score (nSPS) is 12.6. The zero-order valence-electron chi connectivity index (χ0n) is 12.4. The summed E-state index contributed by atoms with van der Waals surface area (Å²) in [5.74, 6) is -0.299. The van der Waals surface area contributed by atoms with Crippen molar-refractivity contribution in [2.45, 2.75) is 70.8 Å². The lowest BCUT2D eigenvalue weighted by atomic mass is 10.0. The minimum absolute atomic E-state index is 0.299. The topological polar surface area (TPSA) is 20.2 Å². The van der Waals surface area contributed by atoms with Crippen LogP contribution in [0.25, 0.3) is 0 Å². The minimum atomic E-state index is -0.426. The van der Waals surface area contributed by atoms with Crippen LogP contribution in [0.1, 0.15) is 63.9 Å². The third-order valence-corrected chi connectivity index (χ3v) is 3.97. The lowest BCUT2D eigenvalue weighted by molar-refractivity contribution is 0.161. The van der Waals surface area contributed by atoms with Gasteiger partial charge in [-0.25, -0.2) is 4.39 Å². The molecule has 0 saturated heterocycles. The van der Waals surface area contributed by atoms with E-state index in [-0.39, 0.29) is 5.82 Å². The largest absolute Gasteiger partial charge is 0.393 e. The van der Waals surface area contributed by atoms with Crippen LogP contribution in [0.4, 0.5) is 4.39 Å². The molecule has 1 aromatic carbocycles. The second-order valence-corrected chi connectivity index (χ2v) is 5.91. The Labute approximate surface area is 127 Å². The Morgan fingerprint density at radius 3 is 2.45 bits per heavy atom. The van der Waals surface area contributed by atoms with Gasteiger partial charge in [-0.3, -0.25) is 0 Å². The molecule has 20 heavy (non-hydrogen) atoms. The third-order valence-electron chi connectivity index (χ3n) is 3.60. The van der Waals surface area contributed by atoms with E-state index >= 15 is 0 Å². The standard InChI is InChI=1S/C17H26ClFO/c1-2-3-4-5-6-7-8-9-16(20)13-14-12-15(19)10-11-17(14)18/h10-12,16,20H,2-9,13H2,1H3. The summed E-state index contributed by atoms with van der Waals surface area (Å²) >= 11 is 5.99. The van der Waals surface area contributed by atoms with Crippen LogP contribution in [0.5, 0.6) is 0 Å². The number of unbranched alkanes of at least 4 members (excludes halogenated alkanes) is 6. The van der Waals surface area contributed by atoms with Crippen LogP contribution < -0.4 is 0 Å². The first-order chi connectivity index (χ1) is 9.63. The van der Waals surface area contributed by atoms with Gasteiger partial charge in [-0.2, -0.15) is 0 Å². The number of benzene rings is 1. The summed E-state index contributed by atoms with van der Waals surface area (Å²) in [5.41, 5.74) is 0.696. The van der Waals surface area contributed by atoms with E-state index in [1.807, 2.05) is 0 Å². The molecule has 0 heterocycles. The smallest absolute Gasteiger partial charge is 0.123 e. The quantitative estimate of drug-likeness (QED) is 0.564. The summed E-state index contributed by atoms with van der Waals surface area (Å²) in [6.07, 6.45) is 9.41. The molecule has 0 bridgehead atoms. The van der Waals surface area contributed by atoms with Gasteiger partial charge in [0.2, 0.25) is 0 Å². The SMILES string of the molecule is CCCCCCCCCC(O)Cc1cc(F)ccc1Cl. The van der Waals surface area contributed by atoms with Gasteiger partial charge in [0.1, 0.15) is 5.82 Å². The molecule has 0 saturated carbocycles. The fraction of sp³-hybridized carbons (Fsp3) is 0.647. The first kappa shape index (κ1) is 17.5. The van der Waals surface area contributed by atoms with Crippen LogP contribution >= 0.6 is 11.6 Å². The monoisotopic (exact) mass is 300 g/mol.